The quantitative estimate of drug-likeness (QED) is 0.816. The number of hydrogen-bond donors (Lipinski definition) is 2. The number of nitrogens with one attached hydrogen (secondary N) is 1. The van der Waals surface area contributed by atoms with Crippen LogP contribution in [0.4, 0.5) is 0 Å². The molecule has 1 amide bonds. The first-order chi connectivity index (χ1) is 10.9. The average molecular weight is 384 g/mol. The summed E-state index contributed by atoms with van der Waals surface area (Å²) in [6.45, 7) is 8.46. The predicted molar refractivity (Wildman–Crippen MR) is 108 cm³/mol. The maximum atomic E-state index is 12.2. The van der Waals surface area contributed by atoms with Gasteiger partial charge >= 0.3 is 0 Å². The summed E-state index contributed by atoms with van der Waals surface area (Å²) in [6, 6.07) is 11.7. The molecule has 138 valence electrons. The first-order valence-corrected chi connectivity index (χ1v) is 7.96. The molecule has 1 heterocycles. The molecule has 3 N–H and O–H groups in total. The van der Waals surface area contributed by atoms with Gasteiger partial charge in [-0.2, -0.15) is 0 Å². The topological polar surface area (TPSA) is 68.0 Å². The second kappa shape index (κ2) is 10.4. The minimum Gasteiger partial charge on any atom is -0.350 e. The van der Waals surface area contributed by atoms with Crippen molar-refractivity contribution in [1.82, 2.24) is 10.3 Å². The molecule has 0 spiro atoms. The van der Waals surface area contributed by atoms with E-state index in [9.17, 15) is 4.79 Å². The van der Waals surface area contributed by atoms with Crippen molar-refractivity contribution in [2.24, 2.45) is 5.73 Å². The highest BCUT2D eigenvalue weighted by Gasteiger charge is 2.12. The number of amides is 1. The molecule has 0 bridgehead atoms. The fourth-order valence-corrected chi connectivity index (χ4v) is 2.47. The van der Waals surface area contributed by atoms with Crippen LogP contribution in [0, 0.1) is 13.8 Å². The summed E-state index contributed by atoms with van der Waals surface area (Å²) in [6.07, 6.45) is 0. The van der Waals surface area contributed by atoms with E-state index in [0.29, 0.717) is 18.0 Å². The summed E-state index contributed by atoms with van der Waals surface area (Å²) in [5.41, 5.74) is 10.7. The minimum atomic E-state index is -0.223. The second-order valence-electron chi connectivity index (χ2n) is 6.22. The van der Waals surface area contributed by atoms with Gasteiger partial charge in [0.25, 0.3) is 5.91 Å². The summed E-state index contributed by atoms with van der Waals surface area (Å²) in [5.74, 6) is 0.362. The molecule has 0 aliphatic carbocycles. The molecule has 0 saturated heterocycles. The van der Waals surface area contributed by atoms with Gasteiger partial charge in [-0.15, -0.1) is 24.8 Å². The fraction of sp³-hybridized carbons (Fsp3) is 0.368. The lowest BCUT2D eigenvalue weighted by atomic mass is 9.99. The summed E-state index contributed by atoms with van der Waals surface area (Å²) in [4.78, 5) is 16.6. The first-order valence-electron chi connectivity index (χ1n) is 7.96. The van der Waals surface area contributed by atoms with Crippen molar-refractivity contribution < 1.29 is 4.79 Å². The highest BCUT2D eigenvalue weighted by Crippen LogP contribution is 2.17. The smallest absolute Gasteiger partial charge is 0.253 e. The molecule has 4 nitrogen and oxygen atoms in total. The van der Waals surface area contributed by atoms with E-state index >= 15 is 0 Å². The summed E-state index contributed by atoms with van der Waals surface area (Å²) in [7, 11) is 0. The minimum absolute atomic E-state index is 0. The van der Waals surface area contributed by atoms with Crippen LogP contribution in [-0.2, 0) is 0 Å². The molecule has 25 heavy (non-hydrogen) atoms. The van der Waals surface area contributed by atoms with Crippen LogP contribution in [0.25, 0.3) is 0 Å². The number of pyridine rings is 1. The van der Waals surface area contributed by atoms with Gasteiger partial charge in [-0.25, -0.2) is 0 Å². The van der Waals surface area contributed by atoms with Crippen molar-refractivity contribution in [3.05, 3.63) is 64.5 Å². The zero-order chi connectivity index (χ0) is 17.0. The van der Waals surface area contributed by atoms with E-state index in [-0.39, 0.29) is 36.8 Å². The SMILES string of the molecule is Cc1ccc(C(=O)NCC(N)c2ccc(C(C)C)cc2)c(C)n1.Cl.Cl. The van der Waals surface area contributed by atoms with Gasteiger partial charge in [-0.05, 0) is 43.0 Å². The van der Waals surface area contributed by atoms with E-state index in [0.717, 1.165) is 17.0 Å². The number of rotatable bonds is 5. The van der Waals surface area contributed by atoms with Crippen LogP contribution in [-0.4, -0.2) is 17.4 Å². The third-order valence-electron chi connectivity index (χ3n) is 3.98. The number of nitrogens with zero attached hydrogens (tertiary/aromatic N) is 1. The zero-order valence-electron chi connectivity index (χ0n) is 15.1. The summed E-state index contributed by atoms with van der Waals surface area (Å²) < 4.78 is 0. The molecule has 1 atom stereocenters. The molecule has 6 heteroatoms. The Bertz CT molecular complexity index is 688. The van der Waals surface area contributed by atoms with E-state index in [1.54, 1.807) is 6.07 Å². The molecular weight excluding hydrogens is 357 g/mol. The zero-order valence-corrected chi connectivity index (χ0v) is 16.7. The third kappa shape index (κ3) is 6.31. The van der Waals surface area contributed by atoms with Crippen molar-refractivity contribution in [1.29, 1.82) is 0 Å². The predicted octanol–water partition coefficient (Wildman–Crippen LogP) is 4.10. The van der Waals surface area contributed by atoms with Gasteiger partial charge in [0, 0.05) is 18.3 Å². The number of carbonyl (C=O) groups is 1. The van der Waals surface area contributed by atoms with Gasteiger partial charge in [0.2, 0.25) is 0 Å². The van der Waals surface area contributed by atoms with Crippen LogP contribution in [0.3, 0.4) is 0 Å². The van der Waals surface area contributed by atoms with Crippen molar-refractivity contribution >= 4 is 30.7 Å². The van der Waals surface area contributed by atoms with Crippen LogP contribution in [0.2, 0.25) is 0 Å². The van der Waals surface area contributed by atoms with Gasteiger partial charge in [0.05, 0.1) is 11.3 Å². The van der Waals surface area contributed by atoms with Gasteiger partial charge < -0.3 is 11.1 Å². The molecule has 0 aliphatic rings. The standard InChI is InChI=1S/C19H25N3O.2ClH/c1-12(2)15-6-8-16(9-7-15)18(20)11-21-19(23)17-10-5-13(3)22-14(17)4;;/h5-10,12,18H,11,20H2,1-4H3,(H,21,23);2*1H. The number of carbonyl (C=O) groups excluding carboxylic acids is 1. The van der Waals surface area contributed by atoms with E-state index in [1.807, 2.05) is 32.0 Å². The van der Waals surface area contributed by atoms with Crippen LogP contribution in [0.5, 0.6) is 0 Å². The summed E-state index contributed by atoms with van der Waals surface area (Å²) in [5, 5.41) is 2.89. The van der Waals surface area contributed by atoms with Gasteiger partial charge in [-0.3, -0.25) is 9.78 Å². The lowest BCUT2D eigenvalue weighted by Crippen LogP contribution is -2.32. The first kappa shape index (κ1) is 23.4. The van der Waals surface area contributed by atoms with Crippen LogP contribution in [0.15, 0.2) is 36.4 Å². The van der Waals surface area contributed by atoms with Crippen molar-refractivity contribution in [3.63, 3.8) is 0 Å². The Morgan fingerprint density at radius 3 is 2.12 bits per heavy atom. The highest BCUT2D eigenvalue weighted by atomic mass is 35.5. The lowest BCUT2D eigenvalue weighted by molar-refractivity contribution is 0.0950. The molecule has 2 aromatic rings. The number of benzene rings is 1. The Labute approximate surface area is 162 Å². The van der Waals surface area contributed by atoms with Gasteiger partial charge in [0.15, 0.2) is 0 Å². The Morgan fingerprint density at radius 1 is 1.04 bits per heavy atom. The lowest BCUT2D eigenvalue weighted by Gasteiger charge is -2.15. The van der Waals surface area contributed by atoms with Crippen molar-refractivity contribution in [2.45, 2.75) is 39.7 Å². The molecule has 0 saturated carbocycles. The van der Waals surface area contributed by atoms with E-state index < -0.39 is 0 Å². The van der Waals surface area contributed by atoms with Crippen molar-refractivity contribution in [2.75, 3.05) is 6.54 Å². The number of aryl methyl sites for hydroxylation is 2. The molecule has 1 aromatic heterocycles. The third-order valence-corrected chi connectivity index (χ3v) is 3.98. The molecule has 1 aromatic carbocycles. The molecular formula is C19H27Cl2N3O. The van der Waals surface area contributed by atoms with Gasteiger partial charge in [-0.1, -0.05) is 38.1 Å². The number of halogens is 2. The van der Waals surface area contributed by atoms with Crippen molar-refractivity contribution in [3.8, 4) is 0 Å². The van der Waals surface area contributed by atoms with Gasteiger partial charge in [0.1, 0.15) is 0 Å². The van der Waals surface area contributed by atoms with E-state index in [2.05, 4.69) is 36.3 Å². The van der Waals surface area contributed by atoms with E-state index in [4.69, 9.17) is 5.73 Å². The number of hydrogen-bond acceptors (Lipinski definition) is 3. The number of nitrogens with two attached hydrogens (primary N) is 1. The monoisotopic (exact) mass is 383 g/mol. The maximum Gasteiger partial charge on any atom is 0.253 e. The van der Waals surface area contributed by atoms with Crippen LogP contribution in [0.1, 0.15) is 58.7 Å². The Kier molecular flexibility index (Phi) is 9.72. The Balaban J connectivity index is 0.00000288. The Hall–Kier alpha value is -1.62. The van der Waals surface area contributed by atoms with Crippen LogP contribution >= 0.6 is 24.8 Å². The highest BCUT2D eigenvalue weighted by molar-refractivity contribution is 5.95. The molecule has 0 fully saturated rings. The second-order valence-corrected chi connectivity index (χ2v) is 6.22. The summed E-state index contributed by atoms with van der Waals surface area (Å²) >= 11 is 0. The molecule has 2 rings (SSSR count). The maximum absolute atomic E-state index is 12.2. The molecule has 0 radical (unpaired) electrons. The largest absolute Gasteiger partial charge is 0.350 e. The number of aromatic nitrogens is 1. The molecule has 0 aliphatic heterocycles. The van der Waals surface area contributed by atoms with Crippen LogP contribution < -0.4 is 11.1 Å². The average Bonchev–Trinajstić information content (AvgIpc) is 2.52. The Morgan fingerprint density at radius 2 is 1.60 bits per heavy atom. The normalized spacial score (nSPS) is 11.3. The fourth-order valence-electron chi connectivity index (χ4n) is 2.47. The van der Waals surface area contributed by atoms with E-state index in [1.165, 1.54) is 5.56 Å². The molecule has 1 unspecified atom stereocenters.